The molecule has 0 N–H and O–H groups in total. The van der Waals surface area contributed by atoms with Crippen LogP contribution in [0.2, 0.25) is 0 Å². The van der Waals surface area contributed by atoms with E-state index >= 15 is 0 Å². The van der Waals surface area contributed by atoms with Crippen LogP contribution in [0.1, 0.15) is 47.2 Å². The molecule has 10 aromatic carbocycles. The molecule has 1 nitrogen and oxygen atoms in total. The van der Waals surface area contributed by atoms with Gasteiger partial charge < -0.3 is 4.90 Å². The number of rotatable bonds is 8. The van der Waals surface area contributed by atoms with E-state index in [0.29, 0.717) is 0 Å². The SMILES string of the molecule is CC1(C)c2ccccc2-c2c1cc1c(c2N(c2ccccc2)c2ccc(-c3ccc(-c4ccccc4)cc3)cc2)-c2ccc(-c3ccccc3)cc2C1(c1ccccc1)c1ccccc1. The molecule has 2 aliphatic carbocycles. The molecule has 0 aromatic heterocycles. The highest BCUT2D eigenvalue weighted by atomic mass is 15.1. The Hall–Kier alpha value is -8.00. The van der Waals surface area contributed by atoms with Crippen LogP contribution in [-0.4, -0.2) is 0 Å². The van der Waals surface area contributed by atoms with E-state index in [-0.39, 0.29) is 5.41 Å². The molecule has 0 heterocycles. The van der Waals surface area contributed by atoms with E-state index in [9.17, 15) is 0 Å². The molecule has 0 fully saturated rings. The van der Waals surface area contributed by atoms with Crippen LogP contribution in [0, 0.1) is 0 Å². The fourth-order valence-corrected chi connectivity index (χ4v) is 11.1. The van der Waals surface area contributed by atoms with Gasteiger partial charge in [0.2, 0.25) is 0 Å². The highest BCUT2D eigenvalue weighted by Gasteiger charge is 2.51. The molecule has 1 heteroatoms. The molecule has 308 valence electrons. The van der Waals surface area contributed by atoms with Crippen LogP contribution in [0.25, 0.3) is 55.6 Å². The van der Waals surface area contributed by atoms with Crippen molar-refractivity contribution in [3.63, 3.8) is 0 Å². The van der Waals surface area contributed by atoms with E-state index in [1.807, 2.05) is 0 Å². The summed E-state index contributed by atoms with van der Waals surface area (Å²) in [6.07, 6.45) is 0. The van der Waals surface area contributed by atoms with Gasteiger partial charge in [-0.15, -0.1) is 0 Å². The van der Waals surface area contributed by atoms with Crippen LogP contribution in [0.3, 0.4) is 0 Å². The minimum atomic E-state index is -0.620. The molecular weight excluding hydrogens is 783 g/mol. The summed E-state index contributed by atoms with van der Waals surface area (Å²) >= 11 is 0. The number of benzene rings is 10. The smallest absolute Gasteiger partial charge is 0.0714 e. The quantitative estimate of drug-likeness (QED) is 0.147. The van der Waals surface area contributed by atoms with Crippen LogP contribution in [0.5, 0.6) is 0 Å². The van der Waals surface area contributed by atoms with Crippen molar-refractivity contribution in [3.05, 3.63) is 282 Å². The van der Waals surface area contributed by atoms with Gasteiger partial charge in [0.15, 0.2) is 0 Å². The fraction of sp³-hybridized carbons (Fsp3) is 0.0625. The molecule has 0 radical (unpaired) electrons. The number of anilines is 3. The summed E-state index contributed by atoms with van der Waals surface area (Å²) in [4.78, 5) is 2.55. The van der Waals surface area contributed by atoms with Crippen LogP contribution in [0.4, 0.5) is 17.1 Å². The number of para-hydroxylation sites is 1. The van der Waals surface area contributed by atoms with E-state index in [4.69, 9.17) is 0 Å². The third kappa shape index (κ3) is 6.07. The van der Waals surface area contributed by atoms with E-state index in [1.165, 1.54) is 94.7 Å². The lowest BCUT2D eigenvalue weighted by atomic mass is 9.66. The molecule has 0 saturated carbocycles. The van der Waals surface area contributed by atoms with Crippen molar-refractivity contribution < 1.29 is 0 Å². The second-order valence-corrected chi connectivity index (χ2v) is 18.0. The maximum atomic E-state index is 2.60. The van der Waals surface area contributed by atoms with Gasteiger partial charge in [0.25, 0.3) is 0 Å². The lowest BCUT2D eigenvalue weighted by Gasteiger charge is -2.36. The van der Waals surface area contributed by atoms with Crippen molar-refractivity contribution in [2.75, 3.05) is 4.90 Å². The van der Waals surface area contributed by atoms with Crippen molar-refractivity contribution in [3.8, 4) is 55.6 Å². The largest absolute Gasteiger partial charge is 0.309 e. The zero-order valence-electron chi connectivity index (χ0n) is 36.6. The van der Waals surface area contributed by atoms with Gasteiger partial charge in [0.05, 0.1) is 11.1 Å². The maximum Gasteiger partial charge on any atom is 0.0714 e. The molecule has 0 amide bonds. The Morgan fingerprint density at radius 2 is 0.692 bits per heavy atom. The first kappa shape index (κ1) is 38.7. The van der Waals surface area contributed by atoms with Gasteiger partial charge >= 0.3 is 0 Å². The molecule has 65 heavy (non-hydrogen) atoms. The van der Waals surface area contributed by atoms with Crippen molar-refractivity contribution >= 4 is 17.1 Å². The number of fused-ring (bicyclic) bond motifs is 6. The lowest BCUT2D eigenvalue weighted by Crippen LogP contribution is -2.29. The topological polar surface area (TPSA) is 3.24 Å². The summed E-state index contributed by atoms with van der Waals surface area (Å²) in [5.41, 5.74) is 22.7. The summed E-state index contributed by atoms with van der Waals surface area (Å²) in [6, 6.07) is 92.1. The van der Waals surface area contributed by atoms with Crippen LogP contribution < -0.4 is 4.90 Å². The second-order valence-electron chi connectivity index (χ2n) is 18.0. The van der Waals surface area contributed by atoms with Gasteiger partial charge in [0, 0.05) is 27.9 Å². The third-order valence-corrected chi connectivity index (χ3v) is 14.2. The first-order valence-corrected chi connectivity index (χ1v) is 22.8. The van der Waals surface area contributed by atoms with E-state index in [1.54, 1.807) is 0 Å². The Bertz CT molecular complexity index is 3300. The minimum Gasteiger partial charge on any atom is -0.309 e. The van der Waals surface area contributed by atoms with Gasteiger partial charge in [-0.2, -0.15) is 0 Å². The predicted octanol–water partition coefficient (Wildman–Crippen LogP) is 16.8. The number of hydrogen-bond acceptors (Lipinski definition) is 1. The first-order chi connectivity index (χ1) is 32.0. The van der Waals surface area contributed by atoms with Crippen molar-refractivity contribution in [2.45, 2.75) is 24.7 Å². The molecule has 0 spiro atoms. The summed E-state index contributed by atoms with van der Waals surface area (Å²) in [5.74, 6) is 0. The minimum absolute atomic E-state index is 0.267. The molecule has 12 rings (SSSR count). The number of nitrogens with zero attached hydrogens (tertiary/aromatic N) is 1. The van der Waals surface area contributed by atoms with Gasteiger partial charge in [-0.25, -0.2) is 0 Å². The molecule has 0 unspecified atom stereocenters. The molecule has 0 saturated heterocycles. The van der Waals surface area contributed by atoms with E-state index < -0.39 is 5.41 Å². The molecule has 10 aromatic rings. The van der Waals surface area contributed by atoms with E-state index in [2.05, 4.69) is 267 Å². The Morgan fingerprint density at radius 1 is 0.292 bits per heavy atom. The summed E-state index contributed by atoms with van der Waals surface area (Å²) in [6.45, 7) is 4.84. The Morgan fingerprint density at radius 3 is 1.26 bits per heavy atom. The molecule has 0 aliphatic heterocycles. The highest BCUT2D eigenvalue weighted by molar-refractivity contribution is 6.07. The second kappa shape index (κ2) is 15.4. The zero-order chi connectivity index (χ0) is 43.5. The maximum absolute atomic E-state index is 2.60. The highest BCUT2D eigenvalue weighted by Crippen LogP contribution is 2.65. The Balaban J connectivity index is 1.17. The molecule has 2 aliphatic rings. The van der Waals surface area contributed by atoms with Gasteiger partial charge in [0.1, 0.15) is 0 Å². The van der Waals surface area contributed by atoms with Crippen LogP contribution >= 0.6 is 0 Å². The standard InChI is InChI=1S/C64H47N/c1-63(2)56-31-19-18-30-54(56)60-58(63)43-59-61(55-41-38-49(45-22-10-4-11-23-45)42-57(55)64(59,50-24-12-5-13-25-50)51-26-14-6-15-27-51)62(60)65(52-28-16-7-17-29-52)53-39-36-48(37-40-53)47-34-32-46(33-35-47)44-20-8-3-9-21-44/h3-43H,1-2H3. The average molecular weight is 830 g/mol. The summed E-state index contributed by atoms with van der Waals surface area (Å²) in [5, 5.41) is 0. The zero-order valence-corrected chi connectivity index (χ0v) is 36.6. The van der Waals surface area contributed by atoms with Gasteiger partial charge in [-0.1, -0.05) is 232 Å². The third-order valence-electron chi connectivity index (χ3n) is 14.2. The Kier molecular flexibility index (Phi) is 9.14. The molecule has 0 atom stereocenters. The Labute approximate surface area is 382 Å². The average Bonchev–Trinajstić information content (AvgIpc) is 3.80. The monoisotopic (exact) mass is 829 g/mol. The fourth-order valence-electron chi connectivity index (χ4n) is 11.1. The van der Waals surface area contributed by atoms with Crippen LogP contribution in [0.15, 0.2) is 249 Å². The van der Waals surface area contributed by atoms with E-state index in [0.717, 1.165) is 11.4 Å². The predicted molar refractivity (Wildman–Crippen MR) is 272 cm³/mol. The first-order valence-electron chi connectivity index (χ1n) is 22.8. The molecule has 0 bridgehead atoms. The van der Waals surface area contributed by atoms with Crippen LogP contribution in [-0.2, 0) is 10.8 Å². The lowest BCUT2D eigenvalue weighted by molar-refractivity contribution is 0.656. The van der Waals surface area contributed by atoms with Gasteiger partial charge in [-0.05, 0) is 108 Å². The van der Waals surface area contributed by atoms with Crippen molar-refractivity contribution in [1.29, 1.82) is 0 Å². The summed E-state index contributed by atoms with van der Waals surface area (Å²) in [7, 11) is 0. The summed E-state index contributed by atoms with van der Waals surface area (Å²) < 4.78 is 0. The normalized spacial score (nSPS) is 13.6. The van der Waals surface area contributed by atoms with Gasteiger partial charge in [-0.3, -0.25) is 0 Å². The molecular formula is C64H47N. The van der Waals surface area contributed by atoms with Crippen molar-refractivity contribution in [2.24, 2.45) is 0 Å². The number of hydrogen-bond donors (Lipinski definition) is 0. The van der Waals surface area contributed by atoms with Crippen molar-refractivity contribution in [1.82, 2.24) is 0 Å².